The number of aromatic nitrogens is 2. The van der Waals surface area contributed by atoms with Gasteiger partial charge in [-0.1, -0.05) is 38.3 Å². The van der Waals surface area contributed by atoms with Gasteiger partial charge in [0.1, 0.15) is 0 Å². The molecular formula is C25H37IN6O. The molecule has 1 aliphatic heterocycles. The van der Waals surface area contributed by atoms with Crippen molar-refractivity contribution in [3.05, 3.63) is 48.5 Å². The maximum atomic E-state index is 12.6. The highest BCUT2D eigenvalue weighted by Crippen LogP contribution is 2.28. The highest BCUT2D eigenvalue weighted by Gasteiger charge is 2.29. The van der Waals surface area contributed by atoms with Gasteiger partial charge in [0.05, 0.1) is 12.4 Å². The number of imidazole rings is 1. The number of benzene rings is 1. The van der Waals surface area contributed by atoms with Crippen molar-refractivity contribution in [2.45, 2.75) is 58.0 Å². The van der Waals surface area contributed by atoms with Crippen molar-refractivity contribution in [1.82, 2.24) is 19.8 Å². The monoisotopic (exact) mass is 564 g/mol. The minimum absolute atomic E-state index is 0. The Kier molecular flexibility index (Phi) is 9.58. The van der Waals surface area contributed by atoms with Crippen LogP contribution in [0.4, 0.5) is 5.69 Å². The predicted octanol–water partition coefficient (Wildman–Crippen LogP) is 4.68. The Morgan fingerprint density at radius 2 is 2.03 bits per heavy atom. The molecule has 7 nitrogen and oxygen atoms in total. The van der Waals surface area contributed by atoms with E-state index in [-0.39, 0.29) is 35.8 Å². The standard InChI is InChI=1S/C25H36N6O.HI/c1-19-11-13-30(17-23(19)31-14-12-27-18-31)25(26-2)28-16-20-7-6-10-22(15-20)29-24(32)21-8-4-3-5-9-21;/h6-7,10,12,14-15,18-19,21,23H,3-5,8-9,11,13,16-17H2,1-2H3,(H,26,28)(H,29,32);1H. The minimum Gasteiger partial charge on any atom is -0.352 e. The fourth-order valence-corrected chi connectivity index (χ4v) is 4.98. The number of carbonyl (C=O) groups is 1. The zero-order chi connectivity index (χ0) is 22.3. The molecule has 2 fully saturated rings. The van der Waals surface area contributed by atoms with E-state index in [9.17, 15) is 4.79 Å². The Hall–Kier alpha value is -2.10. The van der Waals surface area contributed by atoms with Gasteiger partial charge in [0.25, 0.3) is 0 Å². The van der Waals surface area contributed by atoms with E-state index in [1.807, 2.05) is 37.9 Å². The number of hydrogen-bond acceptors (Lipinski definition) is 3. The van der Waals surface area contributed by atoms with E-state index in [0.717, 1.165) is 62.4 Å². The topological polar surface area (TPSA) is 74.6 Å². The average Bonchev–Trinajstić information content (AvgIpc) is 3.36. The summed E-state index contributed by atoms with van der Waals surface area (Å²) in [5.41, 5.74) is 2.01. The summed E-state index contributed by atoms with van der Waals surface area (Å²) in [6, 6.07) is 8.52. The van der Waals surface area contributed by atoms with Crippen LogP contribution in [-0.2, 0) is 11.3 Å². The van der Waals surface area contributed by atoms with Crippen LogP contribution in [0.15, 0.2) is 48.0 Å². The van der Waals surface area contributed by atoms with Crippen molar-refractivity contribution in [3.63, 3.8) is 0 Å². The largest absolute Gasteiger partial charge is 0.352 e. The van der Waals surface area contributed by atoms with Crippen LogP contribution < -0.4 is 10.6 Å². The molecule has 2 atom stereocenters. The number of anilines is 1. The minimum atomic E-state index is 0. The van der Waals surface area contributed by atoms with Crippen molar-refractivity contribution in [2.24, 2.45) is 16.8 Å². The lowest BCUT2D eigenvalue weighted by Crippen LogP contribution is -2.48. The normalized spacial score (nSPS) is 21.9. The molecule has 0 spiro atoms. The molecule has 2 aromatic rings. The molecule has 0 radical (unpaired) electrons. The molecule has 180 valence electrons. The lowest BCUT2D eigenvalue weighted by molar-refractivity contribution is -0.120. The van der Waals surface area contributed by atoms with Gasteiger partial charge in [-0.05, 0) is 42.9 Å². The lowest BCUT2D eigenvalue weighted by Gasteiger charge is -2.39. The van der Waals surface area contributed by atoms with Crippen LogP contribution in [0.2, 0.25) is 0 Å². The summed E-state index contributed by atoms with van der Waals surface area (Å²) >= 11 is 0. The molecule has 1 saturated carbocycles. The molecule has 2 unspecified atom stereocenters. The molecular weight excluding hydrogens is 527 g/mol. The number of hydrogen-bond donors (Lipinski definition) is 2. The van der Waals surface area contributed by atoms with Crippen LogP contribution in [0.5, 0.6) is 0 Å². The molecule has 1 aliphatic carbocycles. The summed E-state index contributed by atoms with van der Waals surface area (Å²) in [5, 5.41) is 6.65. The van der Waals surface area contributed by atoms with Gasteiger partial charge in [0.15, 0.2) is 5.96 Å². The maximum Gasteiger partial charge on any atom is 0.227 e. The zero-order valence-electron chi connectivity index (χ0n) is 19.7. The number of piperidine rings is 1. The number of halogens is 1. The van der Waals surface area contributed by atoms with Gasteiger partial charge >= 0.3 is 0 Å². The Morgan fingerprint density at radius 3 is 2.76 bits per heavy atom. The molecule has 1 saturated heterocycles. The van der Waals surface area contributed by atoms with Crippen molar-refractivity contribution in [3.8, 4) is 0 Å². The summed E-state index contributed by atoms with van der Waals surface area (Å²) in [6.45, 7) is 4.88. The third kappa shape index (κ3) is 6.71. The van der Waals surface area contributed by atoms with Gasteiger partial charge in [-0.25, -0.2) is 4.98 Å². The molecule has 2 heterocycles. The average molecular weight is 565 g/mol. The highest BCUT2D eigenvalue weighted by atomic mass is 127. The van der Waals surface area contributed by atoms with E-state index < -0.39 is 0 Å². The quantitative estimate of drug-likeness (QED) is 0.314. The van der Waals surface area contributed by atoms with Crippen LogP contribution in [0.1, 0.15) is 57.1 Å². The first kappa shape index (κ1) is 25.5. The van der Waals surface area contributed by atoms with Crippen LogP contribution in [-0.4, -0.2) is 46.5 Å². The molecule has 1 amide bonds. The molecule has 2 N–H and O–H groups in total. The van der Waals surface area contributed by atoms with Gasteiger partial charge in [0, 0.05) is 50.7 Å². The molecule has 4 rings (SSSR count). The van der Waals surface area contributed by atoms with Gasteiger partial charge in [-0.2, -0.15) is 0 Å². The van der Waals surface area contributed by atoms with Crippen molar-refractivity contribution in [2.75, 3.05) is 25.5 Å². The van der Waals surface area contributed by atoms with Gasteiger partial charge < -0.3 is 20.1 Å². The number of guanidine groups is 1. The van der Waals surface area contributed by atoms with Crippen LogP contribution in [0, 0.1) is 11.8 Å². The second-order valence-corrected chi connectivity index (χ2v) is 9.21. The Balaban J connectivity index is 0.00000306. The second kappa shape index (κ2) is 12.4. The Labute approximate surface area is 214 Å². The summed E-state index contributed by atoms with van der Waals surface area (Å²) in [5.74, 6) is 1.84. The summed E-state index contributed by atoms with van der Waals surface area (Å²) in [7, 11) is 1.84. The summed E-state index contributed by atoms with van der Waals surface area (Å²) < 4.78 is 2.21. The molecule has 1 aromatic heterocycles. The van der Waals surface area contributed by atoms with Crippen molar-refractivity contribution in [1.29, 1.82) is 0 Å². The number of nitrogens with zero attached hydrogens (tertiary/aromatic N) is 4. The predicted molar refractivity (Wildman–Crippen MR) is 144 cm³/mol. The molecule has 0 bridgehead atoms. The summed E-state index contributed by atoms with van der Waals surface area (Å²) in [6.07, 6.45) is 12.5. The first-order valence-corrected chi connectivity index (χ1v) is 12.0. The number of aliphatic imine (C=N–C) groups is 1. The molecule has 8 heteroatoms. The van der Waals surface area contributed by atoms with E-state index in [4.69, 9.17) is 0 Å². The van der Waals surface area contributed by atoms with Crippen LogP contribution in [0.25, 0.3) is 0 Å². The molecule has 2 aliphatic rings. The first-order chi connectivity index (χ1) is 15.6. The Bertz CT molecular complexity index is 909. The third-order valence-corrected chi connectivity index (χ3v) is 6.96. The number of amides is 1. The maximum absolute atomic E-state index is 12.6. The first-order valence-electron chi connectivity index (χ1n) is 12.0. The molecule has 33 heavy (non-hydrogen) atoms. The number of nitrogens with one attached hydrogen (secondary N) is 2. The van der Waals surface area contributed by atoms with Crippen molar-refractivity contribution < 1.29 is 4.79 Å². The fourth-order valence-electron chi connectivity index (χ4n) is 4.98. The molecule has 1 aromatic carbocycles. The van der Waals surface area contributed by atoms with Crippen LogP contribution in [0.3, 0.4) is 0 Å². The zero-order valence-corrected chi connectivity index (χ0v) is 22.1. The number of rotatable bonds is 5. The number of likely N-dealkylation sites (tertiary alicyclic amines) is 1. The fraction of sp³-hybridized carbons (Fsp3) is 0.560. The van der Waals surface area contributed by atoms with Crippen molar-refractivity contribution >= 4 is 41.5 Å². The van der Waals surface area contributed by atoms with E-state index in [1.165, 1.54) is 6.42 Å². The number of carbonyl (C=O) groups excluding carboxylic acids is 1. The third-order valence-electron chi connectivity index (χ3n) is 6.96. The van der Waals surface area contributed by atoms with Gasteiger partial charge in [-0.15, -0.1) is 24.0 Å². The van der Waals surface area contributed by atoms with Gasteiger partial charge in [0.2, 0.25) is 5.91 Å². The smallest absolute Gasteiger partial charge is 0.227 e. The summed E-state index contributed by atoms with van der Waals surface area (Å²) in [4.78, 5) is 23.7. The highest BCUT2D eigenvalue weighted by molar-refractivity contribution is 14.0. The van der Waals surface area contributed by atoms with E-state index in [1.54, 1.807) is 0 Å². The van der Waals surface area contributed by atoms with E-state index >= 15 is 0 Å². The van der Waals surface area contributed by atoms with Gasteiger partial charge in [-0.3, -0.25) is 9.79 Å². The van der Waals surface area contributed by atoms with Crippen LogP contribution >= 0.6 is 24.0 Å². The second-order valence-electron chi connectivity index (χ2n) is 9.21. The van der Waals surface area contributed by atoms with E-state index in [2.05, 4.69) is 49.1 Å². The SMILES string of the molecule is CN=C(NCc1cccc(NC(=O)C2CCCCC2)c1)N1CCC(C)C(n2ccnc2)C1.I. The van der Waals surface area contributed by atoms with E-state index in [0.29, 0.717) is 18.5 Å². The lowest BCUT2D eigenvalue weighted by atomic mass is 9.88. The Morgan fingerprint density at radius 1 is 1.21 bits per heavy atom.